The van der Waals surface area contributed by atoms with Crippen LogP contribution >= 0.6 is 0 Å². The summed E-state index contributed by atoms with van der Waals surface area (Å²) in [4.78, 5) is 2.38. The van der Waals surface area contributed by atoms with E-state index in [-0.39, 0.29) is 0 Å². The first-order valence-electron chi connectivity index (χ1n) is 6.37. The lowest BCUT2D eigenvalue weighted by Crippen LogP contribution is -2.45. The van der Waals surface area contributed by atoms with Gasteiger partial charge in [0.2, 0.25) is 0 Å². The fourth-order valence-corrected chi connectivity index (χ4v) is 2.53. The number of rotatable bonds is 3. The number of hydrogen-bond donors (Lipinski definition) is 0. The zero-order chi connectivity index (χ0) is 11.8. The summed E-state index contributed by atoms with van der Waals surface area (Å²) >= 11 is 0. The quantitative estimate of drug-likeness (QED) is 0.771. The van der Waals surface area contributed by atoms with Gasteiger partial charge in [0.1, 0.15) is 0 Å². The molecule has 6 heteroatoms. The van der Waals surface area contributed by atoms with Crippen LogP contribution in [-0.2, 0) is 11.3 Å². The Bertz CT molecular complexity index is 379. The first kappa shape index (κ1) is 11.1. The third-order valence-electron chi connectivity index (χ3n) is 3.31. The molecule has 2 unspecified atom stereocenters. The number of morpholine rings is 1. The van der Waals surface area contributed by atoms with Crippen LogP contribution in [0, 0.1) is 0 Å². The molecule has 1 aromatic heterocycles. The van der Waals surface area contributed by atoms with Crippen LogP contribution in [0.25, 0.3) is 0 Å². The molecule has 94 valence electrons. The van der Waals surface area contributed by atoms with Crippen LogP contribution in [0.15, 0.2) is 0 Å². The van der Waals surface area contributed by atoms with Crippen LogP contribution in [0.3, 0.4) is 0 Å². The predicted octanol–water partition coefficient (Wildman–Crippen LogP) is 0.617. The van der Waals surface area contributed by atoms with E-state index in [1.807, 2.05) is 4.68 Å². The Balaban J connectivity index is 1.67. The lowest BCUT2D eigenvalue weighted by Gasteiger charge is -2.34. The smallest absolute Gasteiger partial charge is 0.165 e. The van der Waals surface area contributed by atoms with Crippen molar-refractivity contribution in [2.45, 2.75) is 51.5 Å². The summed E-state index contributed by atoms with van der Waals surface area (Å²) in [7, 11) is 0. The van der Waals surface area contributed by atoms with Crippen LogP contribution in [0.2, 0.25) is 0 Å². The Kier molecular flexibility index (Phi) is 2.84. The third kappa shape index (κ3) is 2.47. The van der Waals surface area contributed by atoms with Crippen LogP contribution < -0.4 is 0 Å². The number of aromatic nitrogens is 4. The fraction of sp³-hybridized carbons (Fsp3) is 0.909. The van der Waals surface area contributed by atoms with E-state index in [1.54, 1.807) is 0 Å². The van der Waals surface area contributed by atoms with Gasteiger partial charge < -0.3 is 4.74 Å². The molecule has 0 aromatic carbocycles. The highest BCUT2D eigenvalue weighted by Gasteiger charge is 2.29. The van der Waals surface area contributed by atoms with Gasteiger partial charge in [0.05, 0.1) is 24.8 Å². The summed E-state index contributed by atoms with van der Waals surface area (Å²) in [5.74, 6) is 0.994. The molecule has 17 heavy (non-hydrogen) atoms. The van der Waals surface area contributed by atoms with Crippen LogP contribution in [0.1, 0.15) is 38.6 Å². The first-order chi connectivity index (χ1) is 8.22. The fourth-order valence-electron chi connectivity index (χ4n) is 2.53. The largest absolute Gasteiger partial charge is 0.373 e. The van der Waals surface area contributed by atoms with Gasteiger partial charge in [0.15, 0.2) is 5.82 Å². The molecule has 2 atom stereocenters. The number of ether oxygens (including phenoxy) is 1. The van der Waals surface area contributed by atoms with Gasteiger partial charge >= 0.3 is 0 Å². The molecule has 1 aliphatic carbocycles. The minimum absolute atomic E-state index is 0.295. The molecule has 1 aromatic rings. The van der Waals surface area contributed by atoms with E-state index in [9.17, 15) is 0 Å². The van der Waals surface area contributed by atoms with Gasteiger partial charge in [0.25, 0.3) is 0 Å². The summed E-state index contributed by atoms with van der Waals surface area (Å²) in [5, 5.41) is 12.0. The second-order valence-electron chi connectivity index (χ2n) is 5.22. The van der Waals surface area contributed by atoms with Gasteiger partial charge in [-0.05, 0) is 37.1 Å². The number of nitrogens with zero attached hydrogens (tertiary/aromatic N) is 5. The zero-order valence-electron chi connectivity index (χ0n) is 10.4. The maximum absolute atomic E-state index is 5.73. The Morgan fingerprint density at radius 2 is 1.94 bits per heavy atom. The van der Waals surface area contributed by atoms with Crippen molar-refractivity contribution in [3.05, 3.63) is 5.82 Å². The molecule has 2 aliphatic rings. The molecule has 0 bridgehead atoms. The van der Waals surface area contributed by atoms with E-state index in [2.05, 4.69) is 34.3 Å². The molecule has 0 radical (unpaired) electrons. The average molecular weight is 237 g/mol. The van der Waals surface area contributed by atoms with Gasteiger partial charge in [-0.15, -0.1) is 5.10 Å². The lowest BCUT2D eigenvalue weighted by molar-refractivity contribution is -0.0713. The second-order valence-corrected chi connectivity index (χ2v) is 5.22. The van der Waals surface area contributed by atoms with Crippen molar-refractivity contribution < 1.29 is 4.74 Å². The van der Waals surface area contributed by atoms with E-state index in [0.29, 0.717) is 18.2 Å². The normalized spacial score (nSPS) is 30.7. The Morgan fingerprint density at radius 3 is 2.59 bits per heavy atom. The van der Waals surface area contributed by atoms with E-state index >= 15 is 0 Å². The Labute approximate surface area is 101 Å². The molecular formula is C11H19N5O. The maximum Gasteiger partial charge on any atom is 0.165 e. The van der Waals surface area contributed by atoms with Gasteiger partial charge in [-0.3, -0.25) is 4.90 Å². The van der Waals surface area contributed by atoms with Gasteiger partial charge in [-0.1, -0.05) is 0 Å². The molecule has 3 rings (SSSR count). The molecule has 0 N–H and O–H groups in total. The van der Waals surface area contributed by atoms with Gasteiger partial charge in [-0.25, -0.2) is 4.68 Å². The van der Waals surface area contributed by atoms with Crippen molar-refractivity contribution in [3.8, 4) is 0 Å². The van der Waals surface area contributed by atoms with Crippen molar-refractivity contribution in [1.29, 1.82) is 0 Å². The molecule has 0 spiro atoms. The van der Waals surface area contributed by atoms with Gasteiger partial charge in [-0.2, -0.15) is 0 Å². The SMILES string of the molecule is CC1CN(Cc2nnnn2C2CC2)CC(C)O1. The molecule has 0 amide bonds. The predicted molar refractivity (Wildman–Crippen MR) is 61.4 cm³/mol. The second kappa shape index (κ2) is 4.34. The molecule has 1 saturated heterocycles. The molecule has 6 nitrogen and oxygen atoms in total. The van der Waals surface area contributed by atoms with Crippen molar-refractivity contribution in [1.82, 2.24) is 25.1 Å². The van der Waals surface area contributed by atoms with Crippen molar-refractivity contribution >= 4 is 0 Å². The highest BCUT2D eigenvalue weighted by Crippen LogP contribution is 2.34. The van der Waals surface area contributed by atoms with E-state index < -0.39 is 0 Å². The lowest BCUT2D eigenvalue weighted by atomic mass is 10.2. The Morgan fingerprint density at radius 1 is 1.24 bits per heavy atom. The molecule has 2 heterocycles. The Hall–Kier alpha value is -1.01. The van der Waals surface area contributed by atoms with Crippen LogP contribution in [-0.4, -0.2) is 50.4 Å². The summed E-state index contributed by atoms with van der Waals surface area (Å²) in [6.07, 6.45) is 3.02. The van der Waals surface area contributed by atoms with E-state index in [4.69, 9.17) is 4.74 Å². The number of tetrazole rings is 1. The van der Waals surface area contributed by atoms with Crippen molar-refractivity contribution in [2.24, 2.45) is 0 Å². The standard InChI is InChI=1S/C11H19N5O/c1-8-5-15(6-9(2)17-8)7-11-12-13-14-16(11)10-3-4-10/h8-10H,3-7H2,1-2H3. The van der Waals surface area contributed by atoms with Crippen molar-refractivity contribution in [3.63, 3.8) is 0 Å². The number of hydrogen-bond acceptors (Lipinski definition) is 5. The van der Waals surface area contributed by atoms with Crippen LogP contribution in [0.5, 0.6) is 0 Å². The molecule has 1 aliphatic heterocycles. The van der Waals surface area contributed by atoms with E-state index in [0.717, 1.165) is 25.5 Å². The minimum atomic E-state index is 0.295. The molecular weight excluding hydrogens is 218 g/mol. The highest BCUT2D eigenvalue weighted by atomic mass is 16.5. The highest BCUT2D eigenvalue weighted by molar-refractivity contribution is 4.91. The summed E-state index contributed by atoms with van der Waals surface area (Å²) in [6, 6.07) is 0.552. The minimum Gasteiger partial charge on any atom is -0.373 e. The third-order valence-corrected chi connectivity index (χ3v) is 3.31. The van der Waals surface area contributed by atoms with Gasteiger partial charge in [0, 0.05) is 13.1 Å². The summed E-state index contributed by atoms with van der Waals surface area (Å²) < 4.78 is 7.72. The first-order valence-corrected chi connectivity index (χ1v) is 6.37. The summed E-state index contributed by atoms with van der Waals surface area (Å²) in [6.45, 7) is 6.99. The topological polar surface area (TPSA) is 56.1 Å². The van der Waals surface area contributed by atoms with Crippen molar-refractivity contribution in [2.75, 3.05) is 13.1 Å². The van der Waals surface area contributed by atoms with E-state index in [1.165, 1.54) is 12.8 Å². The molecule has 1 saturated carbocycles. The zero-order valence-corrected chi connectivity index (χ0v) is 10.4. The average Bonchev–Trinajstić information content (AvgIpc) is 2.99. The summed E-state index contributed by atoms with van der Waals surface area (Å²) in [5.41, 5.74) is 0. The van der Waals surface area contributed by atoms with Crippen LogP contribution in [0.4, 0.5) is 0 Å². The monoisotopic (exact) mass is 237 g/mol. The molecule has 2 fully saturated rings. The maximum atomic E-state index is 5.73.